The van der Waals surface area contributed by atoms with Gasteiger partial charge in [0.25, 0.3) is 5.91 Å². The van der Waals surface area contributed by atoms with Gasteiger partial charge in [0.2, 0.25) is 0 Å². The molecule has 0 bridgehead atoms. The summed E-state index contributed by atoms with van der Waals surface area (Å²) in [6, 6.07) is 13.9. The van der Waals surface area contributed by atoms with Crippen LogP contribution in [-0.4, -0.2) is 24.5 Å². The fourth-order valence-corrected chi connectivity index (χ4v) is 2.65. The van der Waals surface area contributed by atoms with Crippen molar-refractivity contribution in [2.75, 3.05) is 13.7 Å². The van der Waals surface area contributed by atoms with Crippen LogP contribution in [0.15, 0.2) is 42.5 Å². The molecule has 1 aliphatic rings. The van der Waals surface area contributed by atoms with Crippen molar-refractivity contribution in [1.29, 1.82) is 0 Å². The quantitative estimate of drug-likeness (QED) is 0.864. The molecule has 0 aliphatic carbocycles. The first-order valence-corrected chi connectivity index (χ1v) is 7.21. The Morgan fingerprint density at radius 3 is 2.86 bits per heavy atom. The van der Waals surface area contributed by atoms with Crippen LogP contribution in [0.3, 0.4) is 0 Å². The first-order valence-electron chi connectivity index (χ1n) is 7.21. The van der Waals surface area contributed by atoms with Crippen molar-refractivity contribution in [3.05, 3.63) is 64.7 Å². The van der Waals surface area contributed by atoms with E-state index < -0.39 is 0 Å². The average molecular weight is 281 g/mol. The Kier molecular flexibility index (Phi) is 3.65. The van der Waals surface area contributed by atoms with E-state index in [1.807, 2.05) is 37.4 Å². The lowest BCUT2D eigenvalue weighted by Gasteiger charge is -2.19. The monoisotopic (exact) mass is 281 g/mol. The van der Waals surface area contributed by atoms with Crippen LogP contribution >= 0.6 is 0 Å². The molecule has 0 fully saturated rings. The molecule has 0 N–H and O–H groups in total. The van der Waals surface area contributed by atoms with E-state index in [0.717, 1.165) is 23.3 Å². The maximum absolute atomic E-state index is 12.5. The van der Waals surface area contributed by atoms with Gasteiger partial charge in [0.1, 0.15) is 5.75 Å². The molecule has 1 amide bonds. The van der Waals surface area contributed by atoms with Gasteiger partial charge in [0.05, 0.1) is 6.61 Å². The average Bonchev–Trinajstić information content (AvgIpc) is 2.96. The van der Waals surface area contributed by atoms with Crippen molar-refractivity contribution < 1.29 is 9.53 Å². The maximum atomic E-state index is 12.5. The molecule has 0 unspecified atom stereocenters. The van der Waals surface area contributed by atoms with Gasteiger partial charge in [-0.2, -0.15) is 0 Å². The van der Waals surface area contributed by atoms with Gasteiger partial charge in [-0.25, -0.2) is 0 Å². The first-order chi connectivity index (χ1) is 10.1. The molecule has 0 spiro atoms. The molecule has 1 aliphatic heterocycles. The Morgan fingerprint density at radius 2 is 2.05 bits per heavy atom. The second-order valence-electron chi connectivity index (χ2n) is 5.51. The van der Waals surface area contributed by atoms with Crippen molar-refractivity contribution in [1.82, 2.24) is 4.90 Å². The first kappa shape index (κ1) is 13.7. The number of hydrogen-bond donors (Lipinski definition) is 0. The van der Waals surface area contributed by atoms with Crippen LogP contribution in [0.5, 0.6) is 5.75 Å². The molecule has 1 heterocycles. The van der Waals surface area contributed by atoms with Gasteiger partial charge in [-0.3, -0.25) is 4.79 Å². The Morgan fingerprint density at radius 1 is 1.24 bits per heavy atom. The third-order valence-corrected chi connectivity index (χ3v) is 3.95. The fourth-order valence-electron chi connectivity index (χ4n) is 2.65. The number of ether oxygens (including phenoxy) is 1. The van der Waals surface area contributed by atoms with Gasteiger partial charge in [0, 0.05) is 25.6 Å². The summed E-state index contributed by atoms with van der Waals surface area (Å²) in [5, 5.41) is 0. The molecular formula is C18H19NO2. The number of fused-ring (bicyclic) bond motifs is 1. The Hall–Kier alpha value is -2.29. The lowest BCUT2D eigenvalue weighted by atomic mass is 10.1. The molecule has 108 valence electrons. The molecule has 2 aromatic carbocycles. The van der Waals surface area contributed by atoms with E-state index in [9.17, 15) is 4.79 Å². The van der Waals surface area contributed by atoms with Gasteiger partial charge in [-0.05, 0) is 41.8 Å². The summed E-state index contributed by atoms with van der Waals surface area (Å²) in [5.74, 6) is 0.959. The van der Waals surface area contributed by atoms with E-state index in [1.165, 1.54) is 11.1 Å². The second-order valence-corrected chi connectivity index (χ2v) is 5.51. The zero-order chi connectivity index (χ0) is 14.8. The molecule has 3 nitrogen and oxygen atoms in total. The maximum Gasteiger partial charge on any atom is 0.253 e. The van der Waals surface area contributed by atoms with Crippen LogP contribution in [0.2, 0.25) is 0 Å². The molecule has 3 heteroatoms. The topological polar surface area (TPSA) is 29.5 Å². The normalized spacial score (nSPS) is 12.7. The number of benzene rings is 2. The molecule has 0 saturated carbocycles. The second kappa shape index (κ2) is 5.60. The third kappa shape index (κ3) is 2.77. The number of hydrogen-bond acceptors (Lipinski definition) is 2. The largest absolute Gasteiger partial charge is 0.493 e. The van der Waals surface area contributed by atoms with Gasteiger partial charge >= 0.3 is 0 Å². The Bertz CT molecular complexity index is 679. The van der Waals surface area contributed by atoms with E-state index in [0.29, 0.717) is 13.2 Å². The van der Waals surface area contributed by atoms with Crippen LogP contribution in [0.1, 0.15) is 27.0 Å². The van der Waals surface area contributed by atoms with Gasteiger partial charge in [-0.15, -0.1) is 0 Å². The highest BCUT2D eigenvalue weighted by Crippen LogP contribution is 2.26. The summed E-state index contributed by atoms with van der Waals surface area (Å²) in [5.41, 5.74) is 4.25. The lowest BCUT2D eigenvalue weighted by Crippen LogP contribution is -2.26. The van der Waals surface area contributed by atoms with E-state index >= 15 is 0 Å². The Balaban J connectivity index is 1.77. The predicted molar refractivity (Wildman–Crippen MR) is 82.6 cm³/mol. The number of carbonyl (C=O) groups excluding carboxylic acids is 1. The number of amides is 1. The number of nitrogens with zero attached hydrogens (tertiary/aromatic N) is 1. The molecule has 0 saturated heterocycles. The minimum atomic E-state index is 0.0490. The van der Waals surface area contributed by atoms with Crippen LogP contribution in [0.4, 0.5) is 0 Å². The highest BCUT2D eigenvalue weighted by atomic mass is 16.5. The van der Waals surface area contributed by atoms with Crippen LogP contribution < -0.4 is 4.74 Å². The molecule has 21 heavy (non-hydrogen) atoms. The molecule has 0 atom stereocenters. The molecular weight excluding hydrogens is 262 g/mol. The summed E-state index contributed by atoms with van der Waals surface area (Å²) < 4.78 is 5.48. The zero-order valence-electron chi connectivity index (χ0n) is 12.4. The van der Waals surface area contributed by atoms with Gasteiger partial charge < -0.3 is 9.64 Å². The predicted octanol–water partition coefficient (Wildman–Crippen LogP) is 3.20. The van der Waals surface area contributed by atoms with E-state index in [1.54, 1.807) is 4.90 Å². The van der Waals surface area contributed by atoms with E-state index in [-0.39, 0.29) is 5.91 Å². The van der Waals surface area contributed by atoms with Crippen LogP contribution in [-0.2, 0) is 13.0 Å². The summed E-state index contributed by atoms with van der Waals surface area (Å²) in [6.45, 7) is 3.41. The minimum Gasteiger partial charge on any atom is -0.493 e. The standard InChI is InChI=1S/C18H19NO2/c1-13-5-3-4-6-16(13)12-19(2)18(20)15-7-8-17-14(11-15)9-10-21-17/h3-8,11H,9-10,12H2,1-2H3. The van der Waals surface area contributed by atoms with Crippen molar-refractivity contribution in [2.24, 2.45) is 0 Å². The highest BCUT2D eigenvalue weighted by Gasteiger charge is 2.17. The van der Waals surface area contributed by atoms with E-state index in [4.69, 9.17) is 4.74 Å². The van der Waals surface area contributed by atoms with Crippen molar-refractivity contribution >= 4 is 5.91 Å². The summed E-state index contributed by atoms with van der Waals surface area (Å²) in [4.78, 5) is 14.3. The number of aryl methyl sites for hydroxylation is 1. The van der Waals surface area contributed by atoms with Crippen molar-refractivity contribution in [3.63, 3.8) is 0 Å². The smallest absolute Gasteiger partial charge is 0.253 e. The lowest BCUT2D eigenvalue weighted by molar-refractivity contribution is 0.0785. The van der Waals surface area contributed by atoms with Crippen LogP contribution in [0, 0.1) is 6.92 Å². The van der Waals surface area contributed by atoms with E-state index in [2.05, 4.69) is 19.1 Å². The van der Waals surface area contributed by atoms with Crippen molar-refractivity contribution in [2.45, 2.75) is 19.9 Å². The molecule has 0 radical (unpaired) electrons. The van der Waals surface area contributed by atoms with Crippen LogP contribution in [0.25, 0.3) is 0 Å². The summed E-state index contributed by atoms with van der Waals surface area (Å²) in [7, 11) is 1.85. The Labute approximate surface area is 125 Å². The van der Waals surface area contributed by atoms with Gasteiger partial charge in [-0.1, -0.05) is 24.3 Å². The number of rotatable bonds is 3. The zero-order valence-corrected chi connectivity index (χ0v) is 12.4. The number of carbonyl (C=O) groups is 1. The highest BCUT2D eigenvalue weighted by molar-refractivity contribution is 5.94. The van der Waals surface area contributed by atoms with Crippen molar-refractivity contribution in [3.8, 4) is 5.75 Å². The molecule has 2 aromatic rings. The summed E-state index contributed by atoms with van der Waals surface area (Å²) in [6.07, 6.45) is 0.887. The fraction of sp³-hybridized carbons (Fsp3) is 0.278. The van der Waals surface area contributed by atoms with Gasteiger partial charge in [0.15, 0.2) is 0 Å². The SMILES string of the molecule is Cc1ccccc1CN(C)C(=O)c1ccc2c(c1)CCO2. The third-order valence-electron chi connectivity index (χ3n) is 3.95. The minimum absolute atomic E-state index is 0.0490. The summed E-state index contributed by atoms with van der Waals surface area (Å²) >= 11 is 0. The molecule has 3 rings (SSSR count). The molecule has 0 aromatic heterocycles.